The third kappa shape index (κ3) is 2.95. The molecule has 0 aliphatic carbocycles. The summed E-state index contributed by atoms with van der Waals surface area (Å²) in [6.07, 6.45) is -3.56. The highest BCUT2D eigenvalue weighted by Gasteiger charge is 2.37. The fourth-order valence-electron chi connectivity index (χ4n) is 1.26. The number of thiazole rings is 1. The van der Waals surface area contributed by atoms with Gasteiger partial charge in [-0.25, -0.2) is 4.98 Å². The highest BCUT2D eigenvalue weighted by atomic mass is 32.1. The zero-order chi connectivity index (χ0) is 12.3. The largest absolute Gasteiger partial charge is 0.434 e. The molecule has 0 radical (unpaired) electrons. The molecule has 92 valence electrons. The number of aromatic nitrogens is 1. The molecule has 0 spiro atoms. The van der Waals surface area contributed by atoms with Gasteiger partial charge in [0, 0.05) is 12.5 Å². The van der Waals surface area contributed by atoms with Crippen molar-refractivity contribution in [3.05, 3.63) is 15.6 Å². The average molecular weight is 252 g/mol. The first kappa shape index (κ1) is 13.4. The van der Waals surface area contributed by atoms with Crippen LogP contribution in [0.5, 0.6) is 0 Å². The lowest BCUT2D eigenvalue weighted by Crippen LogP contribution is -2.12. The maximum atomic E-state index is 12.7. The predicted molar refractivity (Wildman–Crippen MR) is 58.6 cm³/mol. The van der Waals surface area contributed by atoms with E-state index in [-0.39, 0.29) is 17.3 Å². The van der Waals surface area contributed by atoms with Crippen LogP contribution in [0.2, 0.25) is 0 Å². The Morgan fingerprint density at radius 2 is 2.06 bits per heavy atom. The molecule has 0 saturated heterocycles. The summed E-state index contributed by atoms with van der Waals surface area (Å²) in [7, 11) is 1.63. The highest BCUT2D eigenvalue weighted by molar-refractivity contribution is 7.11. The second kappa shape index (κ2) is 5.14. The third-order valence-electron chi connectivity index (χ3n) is 2.35. The van der Waals surface area contributed by atoms with E-state index in [9.17, 15) is 13.2 Å². The summed E-state index contributed by atoms with van der Waals surface area (Å²) in [5.41, 5.74) is -0.734. The van der Waals surface area contributed by atoms with Gasteiger partial charge in [0.2, 0.25) is 0 Å². The van der Waals surface area contributed by atoms with Gasteiger partial charge in [0.25, 0.3) is 0 Å². The van der Waals surface area contributed by atoms with E-state index in [1.54, 1.807) is 7.05 Å². The Balaban J connectivity index is 3.10. The molecule has 2 nitrogen and oxygen atoms in total. The smallest absolute Gasteiger partial charge is 0.315 e. The van der Waals surface area contributed by atoms with Gasteiger partial charge < -0.3 is 5.32 Å². The van der Waals surface area contributed by atoms with E-state index in [4.69, 9.17) is 0 Å². The minimum absolute atomic E-state index is 0.0803. The lowest BCUT2D eigenvalue weighted by Gasteiger charge is -2.05. The number of hydrogen-bond donors (Lipinski definition) is 1. The topological polar surface area (TPSA) is 24.9 Å². The van der Waals surface area contributed by atoms with Crippen LogP contribution < -0.4 is 5.32 Å². The predicted octanol–water partition coefficient (Wildman–Crippen LogP) is 3.39. The molecular formula is C10H15F3N2S. The Morgan fingerprint density at radius 1 is 1.44 bits per heavy atom. The monoisotopic (exact) mass is 252 g/mol. The van der Waals surface area contributed by atoms with Crippen LogP contribution in [0.15, 0.2) is 0 Å². The Hall–Kier alpha value is -0.620. The molecule has 1 atom stereocenters. The van der Waals surface area contributed by atoms with E-state index < -0.39 is 11.9 Å². The first-order valence-corrected chi connectivity index (χ1v) is 5.93. The Bertz CT molecular complexity index is 346. The van der Waals surface area contributed by atoms with Crippen molar-refractivity contribution in [3.8, 4) is 0 Å². The zero-order valence-corrected chi connectivity index (χ0v) is 10.3. The van der Waals surface area contributed by atoms with Gasteiger partial charge in [-0.15, -0.1) is 11.3 Å². The second-order valence-electron chi connectivity index (χ2n) is 3.66. The summed E-state index contributed by atoms with van der Waals surface area (Å²) in [5, 5.41) is 3.31. The number of alkyl halides is 3. The molecule has 0 aromatic carbocycles. The fraction of sp³-hybridized carbons (Fsp3) is 0.700. The van der Waals surface area contributed by atoms with Crippen LogP contribution in [0.25, 0.3) is 0 Å². The number of rotatable bonds is 4. The maximum Gasteiger partial charge on any atom is 0.434 e. The minimum Gasteiger partial charge on any atom is -0.315 e. The molecule has 0 aliphatic heterocycles. The van der Waals surface area contributed by atoms with E-state index >= 15 is 0 Å². The van der Waals surface area contributed by atoms with Crippen molar-refractivity contribution in [2.24, 2.45) is 0 Å². The van der Waals surface area contributed by atoms with Crippen molar-refractivity contribution in [3.63, 3.8) is 0 Å². The summed E-state index contributed by atoms with van der Waals surface area (Å²) < 4.78 is 38.0. The quantitative estimate of drug-likeness (QED) is 0.888. The number of hydrogen-bond acceptors (Lipinski definition) is 3. The number of halogens is 3. The molecule has 6 heteroatoms. The van der Waals surface area contributed by atoms with Gasteiger partial charge in [0.15, 0.2) is 5.69 Å². The number of nitrogens with one attached hydrogen (secondary N) is 1. The molecule has 16 heavy (non-hydrogen) atoms. The summed E-state index contributed by atoms with van der Waals surface area (Å²) in [5.74, 6) is 0.0803. The molecule has 0 saturated carbocycles. The van der Waals surface area contributed by atoms with E-state index in [0.29, 0.717) is 5.01 Å². The van der Waals surface area contributed by atoms with E-state index in [1.807, 2.05) is 13.8 Å². The lowest BCUT2D eigenvalue weighted by molar-refractivity contribution is -0.141. The molecule has 1 heterocycles. The van der Waals surface area contributed by atoms with Gasteiger partial charge in [-0.05, 0) is 13.5 Å². The molecule has 1 rings (SSSR count). The Morgan fingerprint density at radius 3 is 2.50 bits per heavy atom. The van der Waals surface area contributed by atoms with E-state index in [2.05, 4.69) is 10.3 Å². The molecule has 0 fully saturated rings. The molecule has 1 N–H and O–H groups in total. The van der Waals surface area contributed by atoms with Crippen LogP contribution in [0.1, 0.15) is 41.8 Å². The van der Waals surface area contributed by atoms with Crippen LogP contribution in [0, 0.1) is 0 Å². The molecule has 1 unspecified atom stereocenters. The van der Waals surface area contributed by atoms with Crippen LogP contribution in [-0.4, -0.2) is 12.0 Å². The van der Waals surface area contributed by atoms with Crippen molar-refractivity contribution in [1.82, 2.24) is 10.3 Å². The molecule has 0 aliphatic rings. The molecule has 0 amide bonds. The van der Waals surface area contributed by atoms with Gasteiger partial charge >= 0.3 is 6.18 Å². The van der Waals surface area contributed by atoms with Crippen molar-refractivity contribution in [1.29, 1.82) is 0 Å². The molecule has 1 aromatic heterocycles. The molecule has 1 aromatic rings. The standard InChI is InChI=1S/C10H15F3N2S/c1-4-6(2)9-15-8(10(11,12)13)7(16-9)5-14-3/h6,14H,4-5H2,1-3H3. The highest BCUT2D eigenvalue weighted by Crippen LogP contribution is 2.36. The zero-order valence-electron chi connectivity index (χ0n) is 9.48. The molecule has 0 bridgehead atoms. The van der Waals surface area contributed by atoms with Crippen LogP contribution >= 0.6 is 11.3 Å². The third-order valence-corrected chi connectivity index (χ3v) is 3.64. The summed E-state index contributed by atoms with van der Waals surface area (Å²) in [4.78, 5) is 3.99. The maximum absolute atomic E-state index is 12.7. The first-order chi connectivity index (χ1) is 7.40. The van der Waals surface area contributed by atoms with Crippen LogP contribution in [-0.2, 0) is 12.7 Å². The lowest BCUT2D eigenvalue weighted by atomic mass is 10.1. The average Bonchev–Trinajstić information content (AvgIpc) is 2.61. The minimum atomic E-state index is -4.35. The van der Waals surface area contributed by atoms with Gasteiger partial charge in [-0.1, -0.05) is 13.8 Å². The summed E-state index contributed by atoms with van der Waals surface area (Å²) in [6, 6.07) is 0. The van der Waals surface area contributed by atoms with Gasteiger partial charge in [0.1, 0.15) is 0 Å². The fourth-order valence-corrected chi connectivity index (χ4v) is 2.49. The summed E-state index contributed by atoms with van der Waals surface area (Å²) in [6.45, 7) is 4.04. The van der Waals surface area contributed by atoms with Crippen molar-refractivity contribution >= 4 is 11.3 Å². The van der Waals surface area contributed by atoms with Crippen molar-refractivity contribution < 1.29 is 13.2 Å². The van der Waals surface area contributed by atoms with Crippen molar-refractivity contribution in [2.45, 2.75) is 38.9 Å². The Labute approximate surface area is 96.9 Å². The second-order valence-corrected chi connectivity index (χ2v) is 4.78. The SMILES string of the molecule is CCC(C)c1nc(C(F)(F)F)c(CNC)s1. The molecular weight excluding hydrogens is 237 g/mol. The van der Waals surface area contributed by atoms with Crippen molar-refractivity contribution in [2.75, 3.05) is 7.05 Å². The van der Waals surface area contributed by atoms with Gasteiger partial charge in [0.05, 0.1) is 9.88 Å². The van der Waals surface area contributed by atoms with E-state index in [0.717, 1.165) is 17.8 Å². The first-order valence-electron chi connectivity index (χ1n) is 5.11. The van der Waals surface area contributed by atoms with E-state index in [1.165, 1.54) is 0 Å². The van der Waals surface area contributed by atoms with Gasteiger partial charge in [-0.3, -0.25) is 0 Å². The van der Waals surface area contributed by atoms with Crippen LogP contribution in [0.3, 0.4) is 0 Å². The van der Waals surface area contributed by atoms with Crippen LogP contribution in [0.4, 0.5) is 13.2 Å². The summed E-state index contributed by atoms with van der Waals surface area (Å²) >= 11 is 1.15. The normalized spacial score (nSPS) is 14.1. The Kier molecular flexibility index (Phi) is 4.32. The number of nitrogens with zero attached hydrogens (tertiary/aromatic N) is 1. The van der Waals surface area contributed by atoms with Gasteiger partial charge in [-0.2, -0.15) is 13.2 Å².